The second-order valence-electron chi connectivity index (χ2n) is 14.9. The van der Waals surface area contributed by atoms with E-state index in [2.05, 4.69) is 176 Å². The fourth-order valence-corrected chi connectivity index (χ4v) is 11.4. The topological polar surface area (TPSA) is 30.0 Å². The lowest BCUT2D eigenvalue weighted by Crippen LogP contribution is -2.25. The summed E-state index contributed by atoms with van der Waals surface area (Å²) in [4.78, 5) is 5.60. The van der Waals surface area contributed by atoms with E-state index in [4.69, 9.17) is 4.98 Å². The Bertz CT molecular complexity index is 2970. The Morgan fingerprint density at radius 3 is 1.08 bits per heavy atom. The van der Waals surface area contributed by atoms with Gasteiger partial charge in [0.15, 0.2) is 7.14 Å². The standard InChI is InChI=1S/C57H40NOP/c59-60(47-29-15-5-16-30-47,48-31-17-6-18-32-48)52-40-39-49(50-33-19-20-34-51(50)52)41-35-37-44(38-36-41)53-54(42-21-7-1-8-22-42)56(45-25-11-3-12-26-45)58-57(46-27-13-4-14-28-46)55(53)43-23-9-2-10-24-43/h1-40H. The van der Waals surface area contributed by atoms with Gasteiger partial charge in [0.25, 0.3) is 0 Å². The molecule has 0 bridgehead atoms. The number of fused-ring (bicyclic) bond motifs is 1. The van der Waals surface area contributed by atoms with Crippen LogP contribution in [0, 0.1) is 0 Å². The zero-order valence-electron chi connectivity index (χ0n) is 32.9. The van der Waals surface area contributed by atoms with Gasteiger partial charge in [-0.2, -0.15) is 0 Å². The third-order valence-corrected chi connectivity index (χ3v) is 14.5. The maximum atomic E-state index is 15.6. The molecule has 0 N–H and O–H groups in total. The molecule has 60 heavy (non-hydrogen) atoms. The summed E-state index contributed by atoms with van der Waals surface area (Å²) >= 11 is 0. The van der Waals surface area contributed by atoms with Gasteiger partial charge in [0.1, 0.15) is 0 Å². The van der Waals surface area contributed by atoms with Crippen molar-refractivity contribution in [2.24, 2.45) is 0 Å². The predicted molar refractivity (Wildman–Crippen MR) is 254 cm³/mol. The van der Waals surface area contributed by atoms with Crippen LogP contribution < -0.4 is 15.9 Å². The van der Waals surface area contributed by atoms with E-state index in [1.54, 1.807) is 0 Å². The molecule has 0 aliphatic rings. The van der Waals surface area contributed by atoms with Crippen LogP contribution in [0.2, 0.25) is 0 Å². The fourth-order valence-electron chi connectivity index (χ4n) is 8.58. The van der Waals surface area contributed by atoms with Crippen LogP contribution in [0.25, 0.3) is 77.8 Å². The van der Waals surface area contributed by atoms with Gasteiger partial charge < -0.3 is 4.57 Å². The summed E-state index contributed by atoms with van der Waals surface area (Å²) in [6.07, 6.45) is 0. The highest BCUT2D eigenvalue weighted by molar-refractivity contribution is 7.85. The molecule has 0 unspecified atom stereocenters. The van der Waals surface area contributed by atoms with Crippen molar-refractivity contribution in [3.05, 3.63) is 243 Å². The van der Waals surface area contributed by atoms with Gasteiger partial charge in [-0.25, -0.2) is 4.98 Å². The molecule has 0 saturated heterocycles. The van der Waals surface area contributed by atoms with Gasteiger partial charge in [-0.3, -0.25) is 0 Å². The summed E-state index contributed by atoms with van der Waals surface area (Å²) in [5.74, 6) is 0. The minimum absolute atomic E-state index is 0.823. The van der Waals surface area contributed by atoms with E-state index in [9.17, 15) is 0 Å². The van der Waals surface area contributed by atoms with Gasteiger partial charge in [-0.15, -0.1) is 0 Å². The Hall–Kier alpha value is -7.38. The summed E-state index contributed by atoms with van der Waals surface area (Å²) in [5.41, 5.74) is 12.7. The first-order valence-electron chi connectivity index (χ1n) is 20.3. The van der Waals surface area contributed by atoms with Gasteiger partial charge in [-0.1, -0.05) is 237 Å². The van der Waals surface area contributed by atoms with Crippen molar-refractivity contribution >= 4 is 33.8 Å². The third kappa shape index (κ3) is 6.68. The van der Waals surface area contributed by atoms with Crippen LogP contribution in [-0.2, 0) is 4.57 Å². The number of nitrogens with zero attached hydrogens (tertiary/aromatic N) is 1. The molecule has 1 heterocycles. The van der Waals surface area contributed by atoms with Gasteiger partial charge >= 0.3 is 0 Å². The van der Waals surface area contributed by atoms with Crippen molar-refractivity contribution in [1.82, 2.24) is 4.98 Å². The van der Waals surface area contributed by atoms with Gasteiger partial charge in [0.05, 0.1) is 11.4 Å². The number of hydrogen-bond donors (Lipinski definition) is 0. The Balaban J connectivity index is 1.21. The van der Waals surface area contributed by atoms with Crippen LogP contribution in [0.5, 0.6) is 0 Å². The SMILES string of the molecule is O=P(c1ccccc1)(c1ccccc1)c1ccc(-c2ccc(-c3c(-c4ccccc4)c(-c4ccccc4)nc(-c4ccccc4)c3-c3ccccc3)cc2)c2ccccc12. The van der Waals surface area contributed by atoms with Crippen LogP contribution in [0.1, 0.15) is 0 Å². The van der Waals surface area contributed by atoms with Crippen LogP contribution >= 0.6 is 7.14 Å². The monoisotopic (exact) mass is 785 g/mol. The minimum Gasteiger partial charge on any atom is -0.309 e. The molecule has 0 fully saturated rings. The molecule has 0 aliphatic carbocycles. The van der Waals surface area contributed by atoms with E-state index in [1.165, 1.54) is 0 Å². The van der Waals surface area contributed by atoms with Crippen LogP contribution in [-0.4, -0.2) is 4.98 Å². The summed E-state index contributed by atoms with van der Waals surface area (Å²) in [5, 5.41) is 4.54. The molecule has 1 aromatic heterocycles. The quantitative estimate of drug-likeness (QED) is 0.136. The Morgan fingerprint density at radius 1 is 0.283 bits per heavy atom. The maximum absolute atomic E-state index is 15.6. The first kappa shape index (κ1) is 36.9. The second-order valence-corrected chi connectivity index (χ2v) is 17.7. The highest BCUT2D eigenvalue weighted by atomic mass is 31.2. The molecule has 2 nitrogen and oxygen atoms in total. The zero-order valence-corrected chi connectivity index (χ0v) is 33.8. The second kappa shape index (κ2) is 16.1. The van der Waals surface area contributed by atoms with E-state index >= 15 is 4.57 Å². The smallest absolute Gasteiger partial charge is 0.171 e. The molecule has 0 radical (unpaired) electrons. The Morgan fingerprint density at radius 2 is 0.633 bits per heavy atom. The van der Waals surface area contributed by atoms with Crippen molar-refractivity contribution in [2.75, 3.05) is 0 Å². The molecule has 0 atom stereocenters. The van der Waals surface area contributed by atoms with Crippen LogP contribution in [0.3, 0.4) is 0 Å². The summed E-state index contributed by atoms with van der Waals surface area (Å²) in [6.45, 7) is 0. The molecule has 9 aromatic carbocycles. The van der Waals surface area contributed by atoms with Crippen molar-refractivity contribution in [3.63, 3.8) is 0 Å². The van der Waals surface area contributed by atoms with Crippen LogP contribution in [0.15, 0.2) is 243 Å². The molecule has 0 aliphatic heterocycles. The van der Waals surface area contributed by atoms with Crippen molar-refractivity contribution in [3.8, 4) is 67.0 Å². The van der Waals surface area contributed by atoms with Gasteiger partial charge in [0, 0.05) is 43.7 Å². The average molecular weight is 786 g/mol. The molecule has 3 heteroatoms. The first-order valence-corrected chi connectivity index (χ1v) is 22.0. The number of hydrogen-bond acceptors (Lipinski definition) is 2. The maximum Gasteiger partial charge on any atom is 0.171 e. The fraction of sp³-hybridized carbons (Fsp3) is 0. The molecule has 0 spiro atoms. The lowest BCUT2D eigenvalue weighted by atomic mass is 9.83. The first-order chi connectivity index (χ1) is 29.7. The molecule has 0 amide bonds. The van der Waals surface area contributed by atoms with Crippen molar-refractivity contribution < 1.29 is 4.57 Å². The highest BCUT2D eigenvalue weighted by Gasteiger charge is 2.32. The van der Waals surface area contributed by atoms with E-state index in [0.29, 0.717) is 0 Å². The lowest BCUT2D eigenvalue weighted by molar-refractivity contribution is 0.592. The van der Waals surface area contributed by atoms with Crippen molar-refractivity contribution in [1.29, 1.82) is 0 Å². The molecular formula is C57H40NOP. The van der Waals surface area contributed by atoms with Crippen molar-refractivity contribution in [2.45, 2.75) is 0 Å². The molecule has 10 rings (SSSR count). The number of aromatic nitrogens is 1. The summed E-state index contributed by atoms with van der Waals surface area (Å²) in [7, 11) is -3.22. The van der Waals surface area contributed by atoms with E-state index in [0.717, 1.165) is 93.7 Å². The molecule has 0 saturated carbocycles. The Kier molecular flexibility index (Phi) is 9.91. The number of rotatable bonds is 9. The highest BCUT2D eigenvalue weighted by Crippen LogP contribution is 2.49. The Labute approximate surface area is 351 Å². The molecule has 284 valence electrons. The van der Waals surface area contributed by atoms with Crippen LogP contribution in [0.4, 0.5) is 0 Å². The van der Waals surface area contributed by atoms with E-state index in [1.807, 2.05) is 66.7 Å². The third-order valence-electron chi connectivity index (χ3n) is 11.4. The zero-order chi connectivity index (χ0) is 40.3. The normalized spacial score (nSPS) is 11.4. The summed E-state index contributed by atoms with van der Waals surface area (Å²) < 4.78 is 15.6. The average Bonchev–Trinajstić information content (AvgIpc) is 3.34. The lowest BCUT2D eigenvalue weighted by Gasteiger charge is -2.24. The molecular weight excluding hydrogens is 746 g/mol. The predicted octanol–water partition coefficient (Wildman–Crippen LogP) is 13.9. The van der Waals surface area contributed by atoms with E-state index in [-0.39, 0.29) is 0 Å². The largest absolute Gasteiger partial charge is 0.309 e. The van der Waals surface area contributed by atoms with Gasteiger partial charge in [-0.05, 0) is 44.7 Å². The number of pyridine rings is 1. The minimum atomic E-state index is -3.22. The number of benzene rings is 9. The van der Waals surface area contributed by atoms with Gasteiger partial charge in [0.2, 0.25) is 0 Å². The summed E-state index contributed by atoms with van der Waals surface area (Å²) in [6, 6.07) is 83.9. The van der Waals surface area contributed by atoms with E-state index < -0.39 is 7.14 Å². The molecule has 10 aromatic rings.